The molecule has 1 aromatic heterocycles. The summed E-state index contributed by atoms with van der Waals surface area (Å²) in [5.41, 5.74) is 2.34. The van der Waals surface area contributed by atoms with Crippen LogP contribution in [0.15, 0.2) is 60.9 Å². The molecule has 6 heteroatoms. The van der Waals surface area contributed by atoms with E-state index in [2.05, 4.69) is 31.9 Å². The third-order valence-corrected chi connectivity index (χ3v) is 4.86. The second-order valence-corrected chi connectivity index (χ2v) is 6.81. The van der Waals surface area contributed by atoms with E-state index in [1.165, 1.54) is 5.69 Å². The molecule has 1 aliphatic rings. The summed E-state index contributed by atoms with van der Waals surface area (Å²) in [4.78, 5) is 13.3. The van der Waals surface area contributed by atoms with Crippen LogP contribution in [0.2, 0.25) is 0 Å². The van der Waals surface area contributed by atoms with Gasteiger partial charge in [0.05, 0.1) is 7.11 Å². The van der Waals surface area contributed by atoms with E-state index in [4.69, 9.17) is 9.47 Å². The fraction of sp³-hybridized carbons (Fsp3) is 0.273. The molecule has 28 heavy (non-hydrogen) atoms. The summed E-state index contributed by atoms with van der Waals surface area (Å²) in [7, 11) is 1.70. The van der Waals surface area contributed by atoms with Crippen LogP contribution in [-0.2, 0) is 0 Å². The van der Waals surface area contributed by atoms with Crippen LogP contribution in [-0.4, -0.2) is 43.3 Å². The Balaban J connectivity index is 1.42. The molecule has 0 saturated carbocycles. The number of piperazine rings is 1. The maximum atomic E-state index is 5.90. The molecule has 0 spiro atoms. The van der Waals surface area contributed by atoms with Gasteiger partial charge < -0.3 is 19.3 Å². The maximum absolute atomic E-state index is 5.90. The number of methoxy groups -OCH3 is 1. The van der Waals surface area contributed by atoms with E-state index < -0.39 is 0 Å². The number of aryl methyl sites for hydroxylation is 1. The van der Waals surface area contributed by atoms with Crippen LogP contribution >= 0.6 is 0 Å². The van der Waals surface area contributed by atoms with Gasteiger partial charge in [-0.05, 0) is 36.8 Å². The standard InChI is InChI=1S/C22H24N4O2/c1-17-5-3-8-20(13-17)28-22-15-21(23-16-24-22)26-11-9-25(10-12-26)18-6-4-7-19(14-18)27-2/h3-8,13-16H,9-12H2,1-2H3. The molecule has 0 bridgehead atoms. The minimum Gasteiger partial charge on any atom is -0.497 e. The Morgan fingerprint density at radius 2 is 1.57 bits per heavy atom. The van der Waals surface area contributed by atoms with Crippen LogP contribution in [0.5, 0.6) is 17.4 Å². The zero-order chi connectivity index (χ0) is 19.3. The average Bonchev–Trinajstić information content (AvgIpc) is 2.74. The van der Waals surface area contributed by atoms with Crippen molar-refractivity contribution in [2.75, 3.05) is 43.1 Å². The Hall–Kier alpha value is -3.28. The van der Waals surface area contributed by atoms with Crippen LogP contribution in [0.4, 0.5) is 11.5 Å². The van der Waals surface area contributed by atoms with Gasteiger partial charge in [-0.15, -0.1) is 0 Å². The first kappa shape index (κ1) is 18.1. The minimum atomic E-state index is 0.561. The quantitative estimate of drug-likeness (QED) is 0.673. The van der Waals surface area contributed by atoms with Gasteiger partial charge in [0.15, 0.2) is 0 Å². The Bertz CT molecular complexity index is 939. The normalized spacial score (nSPS) is 14.1. The Morgan fingerprint density at radius 3 is 2.36 bits per heavy atom. The summed E-state index contributed by atoms with van der Waals surface area (Å²) in [6.07, 6.45) is 1.56. The minimum absolute atomic E-state index is 0.561. The van der Waals surface area contributed by atoms with Crippen LogP contribution in [0.3, 0.4) is 0 Å². The van der Waals surface area contributed by atoms with E-state index in [9.17, 15) is 0 Å². The fourth-order valence-electron chi connectivity index (χ4n) is 3.36. The molecule has 144 valence electrons. The monoisotopic (exact) mass is 376 g/mol. The molecule has 4 rings (SSSR count). The number of aromatic nitrogens is 2. The van der Waals surface area contributed by atoms with Crippen LogP contribution in [0.25, 0.3) is 0 Å². The number of nitrogens with zero attached hydrogens (tertiary/aromatic N) is 4. The highest BCUT2D eigenvalue weighted by Gasteiger charge is 2.19. The van der Waals surface area contributed by atoms with E-state index in [0.717, 1.165) is 49.1 Å². The zero-order valence-corrected chi connectivity index (χ0v) is 16.2. The van der Waals surface area contributed by atoms with E-state index >= 15 is 0 Å². The van der Waals surface area contributed by atoms with Crippen molar-refractivity contribution in [3.05, 3.63) is 66.5 Å². The number of rotatable bonds is 5. The molecule has 0 atom stereocenters. The third-order valence-electron chi connectivity index (χ3n) is 4.86. The predicted octanol–water partition coefficient (Wildman–Crippen LogP) is 3.91. The van der Waals surface area contributed by atoms with Gasteiger partial charge in [0.1, 0.15) is 23.6 Å². The largest absolute Gasteiger partial charge is 0.497 e. The van der Waals surface area contributed by atoms with Crippen molar-refractivity contribution in [1.82, 2.24) is 9.97 Å². The summed E-state index contributed by atoms with van der Waals surface area (Å²) in [6, 6.07) is 18.0. The summed E-state index contributed by atoms with van der Waals surface area (Å²) in [5, 5.41) is 0. The molecule has 0 N–H and O–H groups in total. The van der Waals surface area contributed by atoms with Gasteiger partial charge in [-0.25, -0.2) is 9.97 Å². The fourth-order valence-corrected chi connectivity index (χ4v) is 3.36. The lowest BCUT2D eigenvalue weighted by Crippen LogP contribution is -2.46. The average molecular weight is 376 g/mol. The van der Waals surface area contributed by atoms with Gasteiger partial charge in [0.25, 0.3) is 0 Å². The first-order valence-electron chi connectivity index (χ1n) is 9.42. The number of ether oxygens (including phenoxy) is 2. The summed E-state index contributed by atoms with van der Waals surface area (Å²) in [5.74, 6) is 3.12. The first-order chi connectivity index (χ1) is 13.7. The SMILES string of the molecule is COc1cccc(N2CCN(c3cc(Oc4cccc(C)c4)ncn3)CC2)c1. The Labute approximate surface area is 165 Å². The Kier molecular flexibility index (Phi) is 5.28. The number of hydrogen-bond acceptors (Lipinski definition) is 6. The molecule has 0 amide bonds. The highest BCUT2D eigenvalue weighted by molar-refractivity contribution is 5.53. The molecular weight excluding hydrogens is 352 g/mol. The van der Waals surface area contributed by atoms with Crippen molar-refractivity contribution in [3.63, 3.8) is 0 Å². The molecule has 6 nitrogen and oxygen atoms in total. The number of anilines is 2. The predicted molar refractivity (Wildman–Crippen MR) is 111 cm³/mol. The molecule has 1 saturated heterocycles. The van der Waals surface area contributed by atoms with Crippen molar-refractivity contribution in [1.29, 1.82) is 0 Å². The van der Waals surface area contributed by atoms with Crippen LogP contribution in [0.1, 0.15) is 5.56 Å². The van der Waals surface area contributed by atoms with Crippen LogP contribution in [0, 0.1) is 6.92 Å². The van der Waals surface area contributed by atoms with Gasteiger partial charge >= 0.3 is 0 Å². The molecule has 1 aliphatic heterocycles. The molecule has 0 aliphatic carbocycles. The van der Waals surface area contributed by atoms with Crippen LogP contribution < -0.4 is 19.3 Å². The summed E-state index contributed by atoms with van der Waals surface area (Å²) < 4.78 is 11.2. The molecule has 1 fully saturated rings. The lowest BCUT2D eigenvalue weighted by molar-refractivity contribution is 0.414. The van der Waals surface area contributed by atoms with Crippen molar-refractivity contribution < 1.29 is 9.47 Å². The first-order valence-corrected chi connectivity index (χ1v) is 9.42. The molecule has 2 heterocycles. The van der Waals surface area contributed by atoms with Crippen molar-refractivity contribution in [3.8, 4) is 17.4 Å². The van der Waals surface area contributed by atoms with Gasteiger partial charge in [0.2, 0.25) is 5.88 Å². The highest BCUT2D eigenvalue weighted by Crippen LogP contribution is 2.26. The lowest BCUT2D eigenvalue weighted by Gasteiger charge is -2.36. The van der Waals surface area contributed by atoms with E-state index in [1.807, 2.05) is 49.4 Å². The summed E-state index contributed by atoms with van der Waals surface area (Å²) >= 11 is 0. The summed E-state index contributed by atoms with van der Waals surface area (Å²) in [6.45, 7) is 5.66. The topological polar surface area (TPSA) is 50.7 Å². The highest BCUT2D eigenvalue weighted by atomic mass is 16.5. The maximum Gasteiger partial charge on any atom is 0.224 e. The van der Waals surface area contributed by atoms with Gasteiger partial charge in [0, 0.05) is 44.0 Å². The van der Waals surface area contributed by atoms with Gasteiger partial charge in [-0.2, -0.15) is 0 Å². The number of benzene rings is 2. The lowest BCUT2D eigenvalue weighted by atomic mass is 10.2. The second-order valence-electron chi connectivity index (χ2n) is 6.81. The van der Waals surface area contributed by atoms with Gasteiger partial charge in [-0.3, -0.25) is 0 Å². The van der Waals surface area contributed by atoms with Crippen molar-refractivity contribution in [2.24, 2.45) is 0 Å². The third kappa shape index (κ3) is 4.17. The van der Waals surface area contributed by atoms with E-state index in [0.29, 0.717) is 5.88 Å². The molecular formula is C22H24N4O2. The van der Waals surface area contributed by atoms with Gasteiger partial charge in [-0.1, -0.05) is 18.2 Å². The van der Waals surface area contributed by atoms with Crippen molar-refractivity contribution in [2.45, 2.75) is 6.92 Å². The zero-order valence-electron chi connectivity index (χ0n) is 16.2. The molecule has 0 radical (unpaired) electrons. The molecule has 0 unspecified atom stereocenters. The van der Waals surface area contributed by atoms with Crippen molar-refractivity contribution >= 4 is 11.5 Å². The molecule has 2 aromatic carbocycles. The number of hydrogen-bond donors (Lipinski definition) is 0. The molecule has 3 aromatic rings. The van der Waals surface area contributed by atoms with E-state index in [-0.39, 0.29) is 0 Å². The van der Waals surface area contributed by atoms with E-state index in [1.54, 1.807) is 13.4 Å². The Morgan fingerprint density at radius 1 is 0.821 bits per heavy atom. The second kappa shape index (κ2) is 8.17. The smallest absolute Gasteiger partial charge is 0.224 e.